The van der Waals surface area contributed by atoms with Crippen molar-refractivity contribution in [2.45, 2.75) is 6.54 Å². The first kappa shape index (κ1) is 23.9. The molecule has 0 bridgehead atoms. The molecule has 0 fully saturated rings. The quantitative estimate of drug-likeness (QED) is 0.248. The van der Waals surface area contributed by atoms with Crippen LogP contribution in [0.25, 0.3) is 50.3 Å². The smallest absolute Gasteiger partial charge is 0.159 e. The topological polar surface area (TPSA) is 108 Å². The molecule has 1 aliphatic heterocycles. The molecule has 3 N–H and O–H groups in total. The molecule has 6 aromatic rings. The van der Waals surface area contributed by atoms with Gasteiger partial charge in [0.25, 0.3) is 0 Å². The fourth-order valence-corrected chi connectivity index (χ4v) is 4.99. The summed E-state index contributed by atoms with van der Waals surface area (Å²) in [4.78, 5) is 21.8. The number of nitrogens with zero attached hydrogens (tertiary/aromatic N) is 5. The van der Waals surface area contributed by atoms with Crippen molar-refractivity contribution in [1.29, 1.82) is 0 Å². The van der Waals surface area contributed by atoms with Crippen LogP contribution in [0.15, 0.2) is 108 Å². The van der Waals surface area contributed by atoms with Gasteiger partial charge in [0, 0.05) is 42.6 Å². The third-order valence-electron chi connectivity index (χ3n) is 6.97. The Morgan fingerprint density at radius 1 is 0.900 bits per heavy atom. The summed E-state index contributed by atoms with van der Waals surface area (Å²) in [6.07, 6.45) is 11.7. The second-order valence-corrected chi connectivity index (χ2v) is 9.68. The van der Waals surface area contributed by atoms with Crippen LogP contribution < -0.4 is 5.32 Å². The fraction of sp³-hybridized carbons (Fsp3) is 0.0938. The molecule has 0 atom stereocenters. The zero-order chi connectivity index (χ0) is 26.7. The summed E-state index contributed by atoms with van der Waals surface area (Å²) < 4.78 is 0. The van der Waals surface area contributed by atoms with Crippen molar-refractivity contribution in [3.8, 4) is 22.8 Å². The zero-order valence-corrected chi connectivity index (χ0v) is 21.7. The molecule has 0 unspecified atom stereocenters. The molecule has 0 aliphatic carbocycles. The van der Waals surface area contributed by atoms with Gasteiger partial charge in [-0.3, -0.25) is 20.1 Å². The number of aromatic nitrogens is 6. The largest absolute Gasteiger partial charge is 0.335 e. The van der Waals surface area contributed by atoms with Crippen LogP contribution in [0.2, 0.25) is 0 Å². The highest BCUT2D eigenvalue weighted by Gasteiger charge is 2.17. The average molecular weight is 523 g/mol. The number of fused-ring (bicyclic) bond motifs is 2. The summed E-state index contributed by atoms with van der Waals surface area (Å²) in [6.45, 7) is 2.18. The molecule has 8 nitrogen and oxygen atoms in total. The maximum Gasteiger partial charge on any atom is 0.159 e. The molecule has 0 saturated heterocycles. The third kappa shape index (κ3) is 4.72. The van der Waals surface area contributed by atoms with Crippen LogP contribution in [0.3, 0.4) is 0 Å². The van der Waals surface area contributed by atoms with Gasteiger partial charge in [-0.15, -0.1) is 0 Å². The van der Waals surface area contributed by atoms with Crippen molar-refractivity contribution >= 4 is 33.7 Å². The highest BCUT2D eigenvalue weighted by molar-refractivity contribution is 5.98. The number of imidazole rings is 1. The van der Waals surface area contributed by atoms with Crippen molar-refractivity contribution in [2.24, 2.45) is 4.99 Å². The molecule has 40 heavy (non-hydrogen) atoms. The van der Waals surface area contributed by atoms with E-state index >= 15 is 0 Å². The van der Waals surface area contributed by atoms with Gasteiger partial charge in [0.1, 0.15) is 11.2 Å². The summed E-state index contributed by atoms with van der Waals surface area (Å²) in [5, 5.41) is 12.3. The van der Waals surface area contributed by atoms with Gasteiger partial charge in [0.2, 0.25) is 0 Å². The average Bonchev–Trinajstić information content (AvgIpc) is 3.55. The second kappa shape index (κ2) is 10.5. The minimum absolute atomic E-state index is 0.636. The lowest BCUT2D eigenvalue weighted by molar-refractivity contribution is 0.752. The summed E-state index contributed by atoms with van der Waals surface area (Å²) in [5.74, 6) is 0.683. The number of aromatic amines is 2. The summed E-state index contributed by atoms with van der Waals surface area (Å²) >= 11 is 0. The predicted octanol–water partition coefficient (Wildman–Crippen LogP) is 5.75. The van der Waals surface area contributed by atoms with E-state index in [9.17, 15) is 0 Å². The van der Waals surface area contributed by atoms with Crippen LogP contribution in [0, 0.1) is 0 Å². The maximum atomic E-state index is 4.94. The SMILES string of the molecule is C1=NCC=C(c2ccc3[nH]nc(-c4nc5c(-c6ccccn6)cncc5[nH]4)c3c2)C=C1CNCc1ccccc1. The number of rotatable bonds is 7. The van der Waals surface area contributed by atoms with E-state index in [1.165, 1.54) is 5.56 Å². The highest BCUT2D eigenvalue weighted by atomic mass is 15.1. The second-order valence-electron chi connectivity index (χ2n) is 9.68. The number of allylic oxidation sites excluding steroid dienone is 2. The molecule has 1 aliphatic rings. The lowest BCUT2D eigenvalue weighted by Gasteiger charge is -2.07. The first-order valence-electron chi connectivity index (χ1n) is 13.2. The van der Waals surface area contributed by atoms with Crippen LogP contribution in [-0.4, -0.2) is 49.4 Å². The van der Waals surface area contributed by atoms with E-state index in [1.54, 1.807) is 18.6 Å². The lowest BCUT2D eigenvalue weighted by Crippen LogP contribution is -2.17. The molecule has 7 rings (SSSR count). The number of H-pyrrole nitrogens is 2. The van der Waals surface area contributed by atoms with E-state index in [1.807, 2.05) is 30.5 Å². The monoisotopic (exact) mass is 522 g/mol. The standard InChI is InChI=1S/C32H26N8/c1-2-6-21(7-3-1)16-34-18-22-14-24(11-13-33-17-22)23-9-10-28-25(15-23)31(40-39-28)32-37-29-20-35-19-26(30(29)38-32)27-8-4-5-12-36-27/h1-12,14-15,17,19-20,34H,13,16,18H2,(H,37,38)(H,39,40). The third-order valence-corrected chi connectivity index (χ3v) is 6.97. The van der Waals surface area contributed by atoms with Crippen LogP contribution in [0.4, 0.5) is 0 Å². The Balaban J connectivity index is 1.20. The molecule has 4 aromatic heterocycles. The van der Waals surface area contributed by atoms with Crippen molar-refractivity contribution in [1.82, 2.24) is 35.5 Å². The summed E-state index contributed by atoms with van der Waals surface area (Å²) in [5.41, 5.74) is 9.71. The van der Waals surface area contributed by atoms with Gasteiger partial charge in [-0.25, -0.2) is 4.98 Å². The molecule has 8 heteroatoms. The molecule has 2 aromatic carbocycles. The number of hydrogen-bond donors (Lipinski definition) is 3. The van der Waals surface area contributed by atoms with Crippen molar-refractivity contribution in [3.05, 3.63) is 114 Å². The molecule has 5 heterocycles. The van der Waals surface area contributed by atoms with Crippen LogP contribution in [0.5, 0.6) is 0 Å². The van der Waals surface area contributed by atoms with E-state index in [4.69, 9.17) is 4.98 Å². The Labute approximate surface area is 230 Å². The van der Waals surface area contributed by atoms with E-state index in [2.05, 4.69) is 90.1 Å². The van der Waals surface area contributed by atoms with Gasteiger partial charge in [-0.05, 0) is 52.6 Å². The molecule has 0 radical (unpaired) electrons. The summed E-state index contributed by atoms with van der Waals surface area (Å²) in [7, 11) is 0. The van der Waals surface area contributed by atoms with Gasteiger partial charge in [-0.1, -0.05) is 48.5 Å². The number of pyridine rings is 2. The van der Waals surface area contributed by atoms with Crippen molar-refractivity contribution in [3.63, 3.8) is 0 Å². The van der Waals surface area contributed by atoms with E-state index in [0.717, 1.165) is 68.7 Å². The Kier molecular flexibility index (Phi) is 6.27. The normalized spacial score (nSPS) is 13.4. The van der Waals surface area contributed by atoms with Crippen LogP contribution >= 0.6 is 0 Å². The summed E-state index contributed by atoms with van der Waals surface area (Å²) in [6, 6.07) is 22.6. The van der Waals surface area contributed by atoms with Gasteiger partial charge < -0.3 is 10.3 Å². The van der Waals surface area contributed by atoms with Gasteiger partial charge in [-0.2, -0.15) is 5.10 Å². The molecular weight excluding hydrogens is 496 g/mol. The van der Waals surface area contributed by atoms with E-state index < -0.39 is 0 Å². The maximum absolute atomic E-state index is 4.94. The Morgan fingerprint density at radius 2 is 1.82 bits per heavy atom. The number of aliphatic imine (C=N–C) groups is 1. The van der Waals surface area contributed by atoms with E-state index in [0.29, 0.717) is 12.4 Å². The molecular formula is C32H26N8. The minimum atomic E-state index is 0.636. The van der Waals surface area contributed by atoms with Gasteiger partial charge >= 0.3 is 0 Å². The Bertz CT molecular complexity index is 1900. The predicted molar refractivity (Wildman–Crippen MR) is 160 cm³/mol. The zero-order valence-electron chi connectivity index (χ0n) is 21.7. The fourth-order valence-electron chi connectivity index (χ4n) is 4.99. The van der Waals surface area contributed by atoms with Crippen molar-refractivity contribution in [2.75, 3.05) is 13.1 Å². The van der Waals surface area contributed by atoms with Gasteiger partial charge in [0.05, 0.1) is 29.5 Å². The molecule has 0 spiro atoms. The number of benzene rings is 2. The van der Waals surface area contributed by atoms with Crippen LogP contribution in [-0.2, 0) is 6.54 Å². The van der Waals surface area contributed by atoms with Gasteiger partial charge in [0.15, 0.2) is 5.82 Å². The first-order chi connectivity index (χ1) is 19.8. The highest BCUT2D eigenvalue weighted by Crippen LogP contribution is 2.32. The van der Waals surface area contributed by atoms with Crippen LogP contribution in [0.1, 0.15) is 11.1 Å². The number of nitrogens with one attached hydrogen (secondary N) is 3. The minimum Gasteiger partial charge on any atom is -0.335 e. The molecule has 0 amide bonds. The molecule has 0 saturated carbocycles. The first-order valence-corrected chi connectivity index (χ1v) is 13.2. The Hall–Kier alpha value is -5.21. The lowest BCUT2D eigenvalue weighted by atomic mass is 10.0. The molecule has 194 valence electrons. The number of hydrogen-bond acceptors (Lipinski definition) is 6. The van der Waals surface area contributed by atoms with E-state index in [-0.39, 0.29) is 0 Å². The Morgan fingerprint density at radius 3 is 2.73 bits per heavy atom. The van der Waals surface area contributed by atoms with Crippen molar-refractivity contribution < 1.29 is 0 Å².